The van der Waals surface area contributed by atoms with Crippen molar-refractivity contribution in [1.82, 2.24) is 20.9 Å². The zero-order valence-electron chi connectivity index (χ0n) is 22.4. The first-order valence-corrected chi connectivity index (χ1v) is 13.4. The number of benzene rings is 1. The van der Waals surface area contributed by atoms with Crippen molar-refractivity contribution in [2.75, 3.05) is 12.4 Å². The number of hydrogen-bond donors (Lipinski definition) is 4. The van der Waals surface area contributed by atoms with E-state index in [1.54, 1.807) is 31.0 Å². The minimum atomic E-state index is -5.09. The number of nitrogens with one attached hydrogen (secondary N) is 4. The molecule has 13 heteroatoms. The highest BCUT2D eigenvalue weighted by Crippen LogP contribution is 2.59. The van der Waals surface area contributed by atoms with E-state index in [9.17, 15) is 37.1 Å². The summed E-state index contributed by atoms with van der Waals surface area (Å²) >= 11 is 0. The van der Waals surface area contributed by atoms with Gasteiger partial charge in [-0.1, -0.05) is 18.6 Å². The largest absolute Gasteiger partial charge is 0.450 e. The van der Waals surface area contributed by atoms with Gasteiger partial charge < -0.3 is 26.2 Å². The fourth-order valence-electron chi connectivity index (χ4n) is 5.85. The molecule has 0 aromatic heterocycles. The highest BCUT2D eigenvalue weighted by atomic mass is 19.4. The highest BCUT2D eigenvalue weighted by Gasteiger charge is 2.65. The second-order valence-electron chi connectivity index (χ2n) is 10.8. The van der Waals surface area contributed by atoms with Crippen LogP contribution in [0.1, 0.15) is 57.4 Å². The normalized spacial score (nSPS) is 26.5. The van der Waals surface area contributed by atoms with Crippen LogP contribution in [0.4, 0.5) is 18.9 Å². The molecule has 4 rings (SSSR count). The summed E-state index contributed by atoms with van der Waals surface area (Å²) in [5, 5.41) is 10.8. The van der Waals surface area contributed by atoms with Gasteiger partial charge in [0.15, 0.2) is 0 Å². The number of halogens is 3. The van der Waals surface area contributed by atoms with Gasteiger partial charge in [-0.15, -0.1) is 0 Å². The second-order valence-corrected chi connectivity index (χ2v) is 10.8. The average molecular weight is 566 g/mol. The molecule has 1 aromatic rings. The number of alkyl halides is 3. The Bertz CT molecular complexity index is 1190. The van der Waals surface area contributed by atoms with Crippen LogP contribution in [0.2, 0.25) is 0 Å². The maximum atomic E-state index is 13.7. The molecule has 0 radical (unpaired) electrons. The molecular formula is C27H34F3N5O5. The second kappa shape index (κ2) is 11.6. The Morgan fingerprint density at radius 1 is 1.15 bits per heavy atom. The molecule has 3 aliphatic rings. The Hall–Kier alpha value is -3.48. The van der Waals surface area contributed by atoms with Crippen LogP contribution >= 0.6 is 0 Å². The van der Waals surface area contributed by atoms with E-state index in [2.05, 4.69) is 21.3 Å². The summed E-state index contributed by atoms with van der Waals surface area (Å²) in [6, 6.07) is 4.30. The number of nitrogens with zero attached hydrogens (tertiary/aromatic N) is 1. The lowest BCUT2D eigenvalue weighted by Crippen LogP contribution is -2.58. The van der Waals surface area contributed by atoms with Gasteiger partial charge in [-0.05, 0) is 69.7 Å². The van der Waals surface area contributed by atoms with E-state index in [1.807, 2.05) is 0 Å². The lowest BCUT2D eigenvalue weighted by Gasteiger charge is -2.36. The van der Waals surface area contributed by atoms with Gasteiger partial charge in [0, 0.05) is 17.8 Å². The fourth-order valence-corrected chi connectivity index (χ4v) is 5.85. The van der Waals surface area contributed by atoms with Crippen LogP contribution in [0, 0.1) is 5.92 Å². The molecular weight excluding hydrogens is 531 g/mol. The minimum Gasteiger partial charge on any atom is -0.350 e. The van der Waals surface area contributed by atoms with Crippen LogP contribution in [0.5, 0.6) is 0 Å². The van der Waals surface area contributed by atoms with Crippen LogP contribution in [0.15, 0.2) is 24.3 Å². The molecule has 10 nitrogen and oxygen atoms in total. The van der Waals surface area contributed by atoms with Crippen molar-refractivity contribution in [3.05, 3.63) is 29.8 Å². The van der Waals surface area contributed by atoms with E-state index in [4.69, 9.17) is 0 Å². The highest BCUT2D eigenvalue weighted by molar-refractivity contribution is 6.06. The van der Waals surface area contributed by atoms with Gasteiger partial charge >= 0.3 is 6.18 Å². The number of Topliss-reactive ketones (excluding diaryl/α,β-unsaturated/α-hetero) is 1. The molecule has 4 amide bonds. The van der Waals surface area contributed by atoms with Gasteiger partial charge in [-0.2, -0.15) is 13.2 Å². The quantitative estimate of drug-likeness (QED) is 0.337. The van der Waals surface area contributed by atoms with Crippen molar-refractivity contribution < 1.29 is 37.1 Å². The van der Waals surface area contributed by atoms with Crippen LogP contribution in [0.25, 0.3) is 0 Å². The predicted molar refractivity (Wildman–Crippen MR) is 138 cm³/mol. The van der Waals surface area contributed by atoms with Crippen molar-refractivity contribution in [2.24, 2.45) is 5.92 Å². The summed E-state index contributed by atoms with van der Waals surface area (Å²) in [6.07, 6.45) is -2.10. The van der Waals surface area contributed by atoms with Crippen LogP contribution in [0.3, 0.4) is 0 Å². The summed E-state index contributed by atoms with van der Waals surface area (Å²) < 4.78 is 37.3. The molecule has 2 unspecified atom stereocenters. The van der Waals surface area contributed by atoms with Crippen LogP contribution < -0.4 is 21.3 Å². The Balaban J connectivity index is 1.39. The number of likely N-dealkylation sites (N-methyl/N-ethyl adjacent to an activating group) is 1. The SMILES string of the molecule is CN[C@@H](C)C(=O)N[C@H]1CCCC2CC23CC[C@@H](C(=O)NCc2cccc(NC(=O)CC(=O)C(F)(F)F)c2)N3C1=O. The van der Waals surface area contributed by atoms with Gasteiger partial charge in [0.2, 0.25) is 29.4 Å². The van der Waals surface area contributed by atoms with Crippen molar-refractivity contribution >= 4 is 35.1 Å². The summed E-state index contributed by atoms with van der Waals surface area (Å²) in [7, 11) is 1.66. The van der Waals surface area contributed by atoms with Crippen molar-refractivity contribution in [3.63, 3.8) is 0 Å². The minimum absolute atomic E-state index is 0.0544. The number of ketones is 1. The number of carbonyl (C=O) groups excluding carboxylic acids is 5. The number of amides is 4. The summed E-state index contributed by atoms with van der Waals surface area (Å²) in [4.78, 5) is 64.2. The molecule has 3 fully saturated rings. The first kappa shape index (κ1) is 29.5. The summed E-state index contributed by atoms with van der Waals surface area (Å²) in [6.45, 7) is 1.76. The fraction of sp³-hybridized carbons (Fsp3) is 0.593. The van der Waals surface area contributed by atoms with E-state index in [0.29, 0.717) is 30.7 Å². The van der Waals surface area contributed by atoms with E-state index in [1.165, 1.54) is 12.1 Å². The molecule has 1 spiro atoms. The Kier molecular flexibility index (Phi) is 8.52. The van der Waals surface area contributed by atoms with Crippen LogP contribution in [-0.2, 0) is 30.5 Å². The van der Waals surface area contributed by atoms with Gasteiger partial charge in [-0.25, -0.2) is 0 Å². The molecule has 4 N–H and O–H groups in total. The molecule has 1 saturated carbocycles. The molecule has 1 aromatic carbocycles. The topological polar surface area (TPSA) is 137 Å². The first-order valence-electron chi connectivity index (χ1n) is 13.4. The molecule has 218 valence electrons. The third-order valence-electron chi connectivity index (χ3n) is 8.18. The molecule has 40 heavy (non-hydrogen) atoms. The zero-order chi connectivity index (χ0) is 29.2. The van der Waals surface area contributed by atoms with Gasteiger partial charge in [0.05, 0.1) is 12.5 Å². The van der Waals surface area contributed by atoms with Gasteiger partial charge in [-0.3, -0.25) is 24.0 Å². The number of hydrogen-bond acceptors (Lipinski definition) is 6. The van der Waals surface area contributed by atoms with Crippen LogP contribution in [-0.4, -0.2) is 71.2 Å². The number of carbonyl (C=O) groups is 5. The Morgan fingerprint density at radius 2 is 1.90 bits per heavy atom. The number of anilines is 1. The molecule has 1 aliphatic carbocycles. The standard InChI is InChI=1S/C27H34F3N5O5/c1-15(31-2)23(38)34-19-8-4-6-17-13-26(17)10-9-20(35(26)25(19)40)24(39)32-14-16-5-3-7-18(11-16)33-22(37)12-21(36)27(28,29)30/h3,5,7,11,15,17,19-20,31H,4,6,8-10,12-14H2,1-2H3,(H,32,39)(H,33,37)(H,34,38)/t15-,17?,19-,20-,26?/m0/s1. The first-order chi connectivity index (χ1) is 18.9. The third-order valence-corrected chi connectivity index (χ3v) is 8.18. The van der Waals surface area contributed by atoms with Crippen molar-refractivity contribution in [2.45, 2.75) is 88.3 Å². The molecule has 0 bridgehead atoms. The van der Waals surface area contributed by atoms with E-state index < -0.39 is 42.4 Å². The van der Waals surface area contributed by atoms with Crippen molar-refractivity contribution in [1.29, 1.82) is 0 Å². The van der Waals surface area contributed by atoms with Gasteiger partial charge in [0.25, 0.3) is 0 Å². The van der Waals surface area contributed by atoms with Crippen molar-refractivity contribution in [3.8, 4) is 0 Å². The lowest BCUT2D eigenvalue weighted by molar-refractivity contribution is -0.171. The maximum Gasteiger partial charge on any atom is 0.450 e. The molecule has 2 saturated heterocycles. The lowest BCUT2D eigenvalue weighted by atomic mass is 9.98. The van der Waals surface area contributed by atoms with E-state index in [0.717, 1.165) is 19.3 Å². The molecule has 5 atom stereocenters. The molecule has 2 aliphatic heterocycles. The zero-order valence-corrected chi connectivity index (χ0v) is 22.4. The predicted octanol–water partition coefficient (Wildman–Crippen LogP) is 1.79. The maximum absolute atomic E-state index is 13.7. The number of rotatable bonds is 9. The van der Waals surface area contributed by atoms with Gasteiger partial charge in [0.1, 0.15) is 12.1 Å². The monoisotopic (exact) mass is 565 g/mol. The Labute approximate surface area is 229 Å². The van der Waals surface area contributed by atoms with E-state index >= 15 is 0 Å². The summed E-state index contributed by atoms with van der Waals surface area (Å²) in [5.41, 5.74) is 0.394. The van der Waals surface area contributed by atoms with E-state index in [-0.39, 0.29) is 35.5 Å². The third kappa shape index (κ3) is 6.29. The average Bonchev–Trinajstić information content (AvgIpc) is 3.44. The smallest absolute Gasteiger partial charge is 0.350 e. The molecule has 2 heterocycles. The summed E-state index contributed by atoms with van der Waals surface area (Å²) in [5.74, 6) is -3.76. The Morgan fingerprint density at radius 3 is 2.60 bits per heavy atom.